The molecule has 0 aliphatic rings. The maximum Gasteiger partial charge on any atom is 0.143 e. The number of aromatic nitrogens is 1. The number of benzene rings is 1. The maximum absolute atomic E-state index is 11.7. The minimum Gasteiger partial charge on any atom is -0.364 e. The van der Waals surface area contributed by atoms with Crippen LogP contribution < -0.4 is 0 Å². The predicted molar refractivity (Wildman–Crippen MR) is 67.5 cm³/mol. The first-order chi connectivity index (χ1) is 7.68. The zero-order valence-corrected chi connectivity index (χ0v) is 10.5. The molecule has 0 amide bonds. The Morgan fingerprint density at radius 3 is 2.44 bits per heavy atom. The number of halogens is 1. The number of rotatable bonds is 3. The van der Waals surface area contributed by atoms with E-state index < -0.39 is 0 Å². The second-order valence-electron chi connectivity index (χ2n) is 3.72. The number of hydrogen-bond donors (Lipinski definition) is 1. The Kier molecular flexibility index (Phi) is 3.25. The van der Waals surface area contributed by atoms with E-state index in [1.54, 1.807) is 6.92 Å². The third kappa shape index (κ3) is 2.25. The van der Waals surface area contributed by atoms with Crippen LogP contribution in [0.25, 0.3) is 0 Å². The standard InChI is InChI=1S/C13H12BrNO/c1-9(16)13(12-3-2-8-15-12)10-4-6-11(14)7-5-10/h2-8,13,15H,1H3. The van der Waals surface area contributed by atoms with Crippen molar-refractivity contribution in [1.82, 2.24) is 4.98 Å². The normalized spacial score (nSPS) is 12.4. The first-order valence-electron chi connectivity index (χ1n) is 5.07. The van der Waals surface area contributed by atoms with Crippen LogP contribution >= 0.6 is 15.9 Å². The number of carbonyl (C=O) groups excluding carboxylic acids is 1. The second kappa shape index (κ2) is 4.66. The van der Waals surface area contributed by atoms with Crippen LogP contribution in [0.2, 0.25) is 0 Å². The van der Waals surface area contributed by atoms with Gasteiger partial charge in [-0.3, -0.25) is 4.79 Å². The summed E-state index contributed by atoms with van der Waals surface area (Å²) in [5.41, 5.74) is 1.95. The van der Waals surface area contributed by atoms with E-state index >= 15 is 0 Å². The number of hydrogen-bond acceptors (Lipinski definition) is 1. The Morgan fingerprint density at radius 2 is 1.94 bits per heavy atom. The van der Waals surface area contributed by atoms with Crippen molar-refractivity contribution in [3.8, 4) is 0 Å². The highest BCUT2D eigenvalue weighted by atomic mass is 79.9. The minimum atomic E-state index is -0.192. The lowest BCUT2D eigenvalue weighted by molar-refractivity contribution is -0.117. The second-order valence-corrected chi connectivity index (χ2v) is 4.64. The van der Waals surface area contributed by atoms with Crippen molar-refractivity contribution in [1.29, 1.82) is 0 Å². The van der Waals surface area contributed by atoms with Crippen molar-refractivity contribution in [2.45, 2.75) is 12.8 Å². The van der Waals surface area contributed by atoms with Crippen LogP contribution in [0, 0.1) is 0 Å². The van der Waals surface area contributed by atoms with Crippen molar-refractivity contribution < 1.29 is 4.79 Å². The molecule has 1 N–H and O–H groups in total. The highest BCUT2D eigenvalue weighted by molar-refractivity contribution is 9.10. The van der Waals surface area contributed by atoms with Gasteiger partial charge in [0.25, 0.3) is 0 Å². The number of nitrogens with one attached hydrogen (secondary N) is 1. The molecule has 0 bridgehead atoms. The molecule has 1 heterocycles. The molecule has 3 heteroatoms. The molecule has 2 aromatic rings. The topological polar surface area (TPSA) is 32.9 Å². The highest BCUT2D eigenvalue weighted by Gasteiger charge is 2.19. The molecule has 0 radical (unpaired) electrons. The zero-order valence-electron chi connectivity index (χ0n) is 8.91. The Morgan fingerprint density at radius 1 is 1.25 bits per heavy atom. The lowest BCUT2D eigenvalue weighted by Crippen LogP contribution is -2.10. The first kappa shape index (κ1) is 11.1. The van der Waals surface area contributed by atoms with Crippen LogP contribution in [0.5, 0.6) is 0 Å². The van der Waals surface area contributed by atoms with Crippen molar-refractivity contribution in [2.24, 2.45) is 0 Å². The molecule has 1 atom stereocenters. The van der Waals surface area contributed by atoms with Crippen LogP contribution in [0.4, 0.5) is 0 Å². The quantitative estimate of drug-likeness (QED) is 0.915. The molecule has 1 aromatic heterocycles. The lowest BCUT2D eigenvalue weighted by atomic mass is 9.92. The zero-order chi connectivity index (χ0) is 11.5. The van der Waals surface area contributed by atoms with Gasteiger partial charge < -0.3 is 4.98 Å². The fourth-order valence-corrected chi connectivity index (χ4v) is 2.08. The molecule has 16 heavy (non-hydrogen) atoms. The van der Waals surface area contributed by atoms with E-state index in [1.807, 2.05) is 42.6 Å². The van der Waals surface area contributed by atoms with Gasteiger partial charge in [0.2, 0.25) is 0 Å². The van der Waals surface area contributed by atoms with Crippen LogP contribution in [-0.4, -0.2) is 10.8 Å². The van der Waals surface area contributed by atoms with Crippen molar-refractivity contribution in [3.63, 3.8) is 0 Å². The van der Waals surface area contributed by atoms with Crippen molar-refractivity contribution in [2.75, 3.05) is 0 Å². The van der Waals surface area contributed by atoms with Gasteiger partial charge in [-0.2, -0.15) is 0 Å². The number of ketones is 1. The summed E-state index contributed by atoms with van der Waals surface area (Å²) in [6, 6.07) is 11.7. The summed E-state index contributed by atoms with van der Waals surface area (Å²) < 4.78 is 1.02. The number of carbonyl (C=O) groups is 1. The number of Topliss-reactive ketones (excluding diaryl/α,β-unsaturated/α-hetero) is 1. The summed E-state index contributed by atoms with van der Waals surface area (Å²) in [6.45, 7) is 1.62. The lowest BCUT2D eigenvalue weighted by Gasteiger charge is -2.12. The van der Waals surface area contributed by atoms with Crippen molar-refractivity contribution >= 4 is 21.7 Å². The molecule has 0 fully saturated rings. The Balaban J connectivity index is 2.41. The minimum absolute atomic E-state index is 0.143. The number of aromatic amines is 1. The van der Waals surface area contributed by atoms with Gasteiger partial charge in [0.05, 0.1) is 5.92 Å². The number of H-pyrrole nitrogens is 1. The molecular formula is C13H12BrNO. The van der Waals surface area contributed by atoms with Gasteiger partial charge in [-0.15, -0.1) is 0 Å². The van der Waals surface area contributed by atoms with Crippen LogP contribution in [0.15, 0.2) is 47.1 Å². The van der Waals surface area contributed by atoms with Crippen LogP contribution in [0.3, 0.4) is 0 Å². The SMILES string of the molecule is CC(=O)C(c1ccc(Br)cc1)c1ccc[nH]1. The molecule has 0 aliphatic carbocycles. The smallest absolute Gasteiger partial charge is 0.143 e. The largest absolute Gasteiger partial charge is 0.364 e. The third-order valence-corrected chi connectivity index (χ3v) is 3.07. The summed E-state index contributed by atoms with van der Waals surface area (Å²) in [5, 5.41) is 0. The van der Waals surface area contributed by atoms with E-state index in [2.05, 4.69) is 20.9 Å². The molecule has 2 rings (SSSR count). The fraction of sp³-hybridized carbons (Fsp3) is 0.154. The van der Waals surface area contributed by atoms with Crippen LogP contribution in [-0.2, 0) is 4.79 Å². The van der Waals surface area contributed by atoms with Gasteiger partial charge in [0, 0.05) is 16.4 Å². The average molecular weight is 278 g/mol. The summed E-state index contributed by atoms with van der Waals surface area (Å²) in [7, 11) is 0. The van der Waals surface area contributed by atoms with Crippen LogP contribution in [0.1, 0.15) is 24.1 Å². The van der Waals surface area contributed by atoms with E-state index in [0.29, 0.717) is 0 Å². The monoisotopic (exact) mass is 277 g/mol. The maximum atomic E-state index is 11.7. The molecule has 0 spiro atoms. The molecule has 2 nitrogen and oxygen atoms in total. The average Bonchev–Trinajstić information content (AvgIpc) is 2.74. The molecule has 0 saturated heterocycles. The van der Waals surface area contributed by atoms with Gasteiger partial charge in [-0.25, -0.2) is 0 Å². The Labute approximate surface area is 103 Å². The summed E-state index contributed by atoms with van der Waals surface area (Å²) in [6.07, 6.45) is 1.84. The summed E-state index contributed by atoms with van der Waals surface area (Å²) in [4.78, 5) is 14.8. The summed E-state index contributed by atoms with van der Waals surface area (Å²) in [5.74, 6) is -0.0483. The van der Waals surface area contributed by atoms with Gasteiger partial charge in [-0.05, 0) is 36.8 Å². The third-order valence-electron chi connectivity index (χ3n) is 2.54. The van der Waals surface area contributed by atoms with E-state index in [-0.39, 0.29) is 11.7 Å². The predicted octanol–water partition coefficient (Wildman–Crippen LogP) is 3.50. The van der Waals surface area contributed by atoms with E-state index in [1.165, 1.54) is 0 Å². The van der Waals surface area contributed by atoms with Gasteiger partial charge >= 0.3 is 0 Å². The molecule has 1 aromatic carbocycles. The molecule has 82 valence electrons. The van der Waals surface area contributed by atoms with Gasteiger partial charge in [0.15, 0.2) is 0 Å². The highest BCUT2D eigenvalue weighted by Crippen LogP contribution is 2.25. The Hall–Kier alpha value is -1.35. The van der Waals surface area contributed by atoms with Gasteiger partial charge in [-0.1, -0.05) is 28.1 Å². The van der Waals surface area contributed by atoms with Crippen molar-refractivity contribution in [3.05, 3.63) is 58.3 Å². The molecule has 0 aliphatic heterocycles. The first-order valence-corrected chi connectivity index (χ1v) is 5.87. The van der Waals surface area contributed by atoms with E-state index in [0.717, 1.165) is 15.7 Å². The van der Waals surface area contributed by atoms with Gasteiger partial charge in [0.1, 0.15) is 5.78 Å². The van der Waals surface area contributed by atoms with E-state index in [9.17, 15) is 4.79 Å². The molecule has 1 unspecified atom stereocenters. The summed E-state index contributed by atoms with van der Waals surface area (Å²) >= 11 is 3.39. The fourth-order valence-electron chi connectivity index (χ4n) is 1.81. The molecule has 0 saturated carbocycles. The van der Waals surface area contributed by atoms with E-state index in [4.69, 9.17) is 0 Å². The Bertz CT molecular complexity index is 473. The molecular weight excluding hydrogens is 266 g/mol.